The fourth-order valence-electron chi connectivity index (χ4n) is 2.71. The van der Waals surface area contributed by atoms with E-state index in [0.717, 1.165) is 18.8 Å². The Kier molecular flexibility index (Phi) is 7.21. The number of benzene rings is 1. The highest BCUT2D eigenvalue weighted by Gasteiger charge is 2.13. The molecule has 1 heterocycles. The first kappa shape index (κ1) is 18.4. The molecule has 2 rings (SSSR count). The highest BCUT2D eigenvalue weighted by Crippen LogP contribution is 2.15. The molecule has 0 bridgehead atoms. The first-order chi connectivity index (χ1) is 11.6. The van der Waals surface area contributed by atoms with Gasteiger partial charge >= 0.3 is 0 Å². The van der Waals surface area contributed by atoms with E-state index in [0.29, 0.717) is 18.8 Å². The van der Waals surface area contributed by atoms with E-state index in [1.165, 1.54) is 25.7 Å². The Morgan fingerprint density at radius 2 is 1.58 bits per heavy atom. The molecular formula is C18H28N4O2. The molecule has 0 spiro atoms. The van der Waals surface area contributed by atoms with Gasteiger partial charge in [-0.25, -0.2) is 0 Å². The van der Waals surface area contributed by atoms with Gasteiger partial charge in [0.05, 0.1) is 6.54 Å². The molecule has 1 aliphatic rings. The summed E-state index contributed by atoms with van der Waals surface area (Å²) in [7, 11) is 0. The van der Waals surface area contributed by atoms with Crippen LogP contribution in [0.25, 0.3) is 0 Å². The second kappa shape index (κ2) is 9.39. The number of nitrogens with zero attached hydrogens (tertiary/aromatic N) is 1. The zero-order chi connectivity index (χ0) is 17.4. The van der Waals surface area contributed by atoms with Crippen LogP contribution in [0, 0.1) is 5.92 Å². The number of amides is 2. The molecule has 1 aromatic carbocycles. The highest BCUT2D eigenvalue weighted by molar-refractivity contribution is 5.94. The van der Waals surface area contributed by atoms with Gasteiger partial charge in [0.2, 0.25) is 11.8 Å². The number of nitrogens with two attached hydrogens (primary N) is 1. The molecule has 132 valence electrons. The minimum atomic E-state index is -0.224. The van der Waals surface area contributed by atoms with Crippen LogP contribution in [0.15, 0.2) is 24.3 Å². The molecule has 6 heteroatoms. The normalized spacial score (nSPS) is 16.9. The van der Waals surface area contributed by atoms with Crippen molar-refractivity contribution in [2.24, 2.45) is 11.7 Å². The topological polar surface area (TPSA) is 87.5 Å². The number of carbonyl (C=O) groups excluding carboxylic acids is 2. The van der Waals surface area contributed by atoms with Crippen molar-refractivity contribution in [1.82, 2.24) is 4.90 Å². The predicted octanol–water partition coefficient (Wildman–Crippen LogP) is 2.03. The maximum Gasteiger partial charge on any atom is 0.238 e. The number of carbonyl (C=O) groups is 2. The van der Waals surface area contributed by atoms with Crippen molar-refractivity contribution in [2.45, 2.75) is 32.6 Å². The molecule has 1 unspecified atom stereocenters. The second-order valence-corrected chi connectivity index (χ2v) is 6.44. The van der Waals surface area contributed by atoms with Gasteiger partial charge < -0.3 is 16.4 Å². The van der Waals surface area contributed by atoms with E-state index in [2.05, 4.69) is 15.5 Å². The monoisotopic (exact) mass is 332 g/mol. The lowest BCUT2D eigenvalue weighted by Gasteiger charge is -2.19. The van der Waals surface area contributed by atoms with Crippen molar-refractivity contribution in [3.63, 3.8) is 0 Å². The number of anilines is 2. The molecule has 4 N–H and O–H groups in total. The zero-order valence-electron chi connectivity index (χ0n) is 14.4. The van der Waals surface area contributed by atoms with Crippen molar-refractivity contribution in [2.75, 3.05) is 36.8 Å². The molecule has 6 nitrogen and oxygen atoms in total. The molecule has 1 atom stereocenters. The van der Waals surface area contributed by atoms with Crippen LogP contribution in [-0.4, -0.2) is 42.9 Å². The van der Waals surface area contributed by atoms with Gasteiger partial charge in [-0.3, -0.25) is 14.5 Å². The van der Waals surface area contributed by atoms with Gasteiger partial charge in [0, 0.05) is 23.8 Å². The van der Waals surface area contributed by atoms with Crippen molar-refractivity contribution in [1.29, 1.82) is 0 Å². The van der Waals surface area contributed by atoms with E-state index in [1.807, 2.05) is 0 Å². The summed E-state index contributed by atoms with van der Waals surface area (Å²) in [5, 5.41) is 5.72. The minimum absolute atomic E-state index is 0.00504. The number of likely N-dealkylation sites (tertiary alicyclic amines) is 1. The van der Waals surface area contributed by atoms with Crippen LogP contribution in [0.5, 0.6) is 0 Å². The number of hydrogen-bond donors (Lipinski definition) is 3. The lowest BCUT2D eigenvalue weighted by Crippen LogP contribution is -2.33. The molecule has 2 amide bonds. The Bertz CT molecular complexity index is 536. The van der Waals surface area contributed by atoms with Gasteiger partial charge in [0.25, 0.3) is 0 Å². The largest absolute Gasteiger partial charge is 0.330 e. The standard InChI is InChI=1S/C18H28N4O2/c1-14(12-19)18(24)21-16-8-6-15(7-9-16)20-17(23)13-22-10-4-2-3-5-11-22/h6-9,14H,2-5,10-13,19H2,1H3,(H,20,23)(H,21,24). The third-order valence-electron chi connectivity index (χ3n) is 4.30. The first-order valence-electron chi connectivity index (χ1n) is 8.71. The predicted molar refractivity (Wildman–Crippen MR) is 96.8 cm³/mol. The molecule has 1 saturated heterocycles. The smallest absolute Gasteiger partial charge is 0.238 e. The van der Waals surface area contributed by atoms with Crippen LogP contribution in [0.2, 0.25) is 0 Å². The summed E-state index contributed by atoms with van der Waals surface area (Å²) in [6.07, 6.45) is 4.86. The fourth-order valence-corrected chi connectivity index (χ4v) is 2.71. The molecule has 1 aliphatic heterocycles. The van der Waals surface area contributed by atoms with Gasteiger partial charge in [-0.15, -0.1) is 0 Å². The summed E-state index contributed by atoms with van der Waals surface area (Å²) < 4.78 is 0. The minimum Gasteiger partial charge on any atom is -0.330 e. The molecule has 0 saturated carbocycles. The Balaban J connectivity index is 1.82. The summed E-state index contributed by atoms with van der Waals surface area (Å²) in [6, 6.07) is 7.15. The van der Waals surface area contributed by atoms with Gasteiger partial charge in [-0.2, -0.15) is 0 Å². The van der Waals surface area contributed by atoms with E-state index < -0.39 is 0 Å². The fraction of sp³-hybridized carbons (Fsp3) is 0.556. The maximum absolute atomic E-state index is 12.1. The van der Waals surface area contributed by atoms with Gasteiger partial charge in [0.1, 0.15) is 0 Å². The average Bonchev–Trinajstić information content (AvgIpc) is 2.84. The van der Waals surface area contributed by atoms with E-state index in [1.54, 1.807) is 31.2 Å². The summed E-state index contributed by atoms with van der Waals surface area (Å²) in [5.41, 5.74) is 6.92. The number of hydrogen-bond acceptors (Lipinski definition) is 4. The van der Waals surface area contributed by atoms with Crippen LogP contribution >= 0.6 is 0 Å². The zero-order valence-corrected chi connectivity index (χ0v) is 14.4. The van der Waals surface area contributed by atoms with Gasteiger partial charge in [0.15, 0.2) is 0 Å². The van der Waals surface area contributed by atoms with Gasteiger partial charge in [-0.05, 0) is 50.2 Å². The van der Waals surface area contributed by atoms with Crippen molar-refractivity contribution < 1.29 is 9.59 Å². The number of nitrogens with one attached hydrogen (secondary N) is 2. The summed E-state index contributed by atoms with van der Waals surface area (Å²) in [5.74, 6) is -0.320. The van der Waals surface area contributed by atoms with E-state index in [9.17, 15) is 9.59 Å². The van der Waals surface area contributed by atoms with Gasteiger partial charge in [-0.1, -0.05) is 19.8 Å². The first-order valence-corrected chi connectivity index (χ1v) is 8.71. The molecule has 0 radical (unpaired) electrons. The second-order valence-electron chi connectivity index (χ2n) is 6.44. The average molecular weight is 332 g/mol. The van der Waals surface area contributed by atoms with Crippen molar-refractivity contribution >= 4 is 23.2 Å². The van der Waals surface area contributed by atoms with E-state index >= 15 is 0 Å². The maximum atomic E-state index is 12.1. The lowest BCUT2D eigenvalue weighted by molar-refractivity contribution is -0.119. The summed E-state index contributed by atoms with van der Waals surface area (Å²) in [6.45, 7) is 4.53. The molecule has 1 aromatic rings. The Labute approximate surface area is 143 Å². The molecular weight excluding hydrogens is 304 g/mol. The van der Waals surface area contributed by atoms with Crippen LogP contribution in [0.1, 0.15) is 32.6 Å². The van der Waals surface area contributed by atoms with Crippen LogP contribution in [0.3, 0.4) is 0 Å². The van der Waals surface area contributed by atoms with Crippen molar-refractivity contribution in [3.05, 3.63) is 24.3 Å². The Morgan fingerprint density at radius 1 is 1.04 bits per heavy atom. The van der Waals surface area contributed by atoms with Crippen LogP contribution in [0.4, 0.5) is 11.4 Å². The Morgan fingerprint density at radius 3 is 2.12 bits per heavy atom. The molecule has 0 aromatic heterocycles. The quantitative estimate of drug-likeness (QED) is 0.744. The molecule has 0 aliphatic carbocycles. The summed E-state index contributed by atoms with van der Waals surface area (Å²) in [4.78, 5) is 26.2. The Hall–Kier alpha value is -1.92. The summed E-state index contributed by atoms with van der Waals surface area (Å²) >= 11 is 0. The third kappa shape index (κ3) is 5.94. The SMILES string of the molecule is CC(CN)C(=O)Nc1ccc(NC(=O)CN2CCCCCC2)cc1. The van der Waals surface area contributed by atoms with Crippen LogP contribution in [-0.2, 0) is 9.59 Å². The van der Waals surface area contributed by atoms with E-state index in [-0.39, 0.29) is 17.7 Å². The van der Waals surface area contributed by atoms with E-state index in [4.69, 9.17) is 5.73 Å². The highest BCUT2D eigenvalue weighted by atomic mass is 16.2. The number of rotatable bonds is 6. The lowest BCUT2D eigenvalue weighted by atomic mass is 10.1. The van der Waals surface area contributed by atoms with Crippen molar-refractivity contribution in [3.8, 4) is 0 Å². The van der Waals surface area contributed by atoms with Crippen LogP contribution < -0.4 is 16.4 Å². The molecule has 24 heavy (non-hydrogen) atoms. The molecule has 1 fully saturated rings. The third-order valence-corrected chi connectivity index (χ3v) is 4.30.